The zero-order valence-electron chi connectivity index (χ0n) is 11.2. The number of hydrogen-bond donors (Lipinski definition) is 1. The number of carboxylic acid groups (broad SMARTS) is 1. The van der Waals surface area contributed by atoms with E-state index in [-0.39, 0.29) is 18.4 Å². The average molecular weight is 294 g/mol. The first kappa shape index (κ1) is 14.8. The van der Waals surface area contributed by atoms with Crippen LogP contribution in [0.5, 0.6) is 0 Å². The van der Waals surface area contributed by atoms with Crippen molar-refractivity contribution in [2.75, 3.05) is 18.1 Å². The second-order valence-corrected chi connectivity index (χ2v) is 5.92. The fourth-order valence-corrected chi connectivity index (χ4v) is 3.36. The first-order valence-electron chi connectivity index (χ1n) is 6.64. The van der Waals surface area contributed by atoms with Crippen LogP contribution in [0.3, 0.4) is 0 Å². The standard InChI is InChI=1S/C14H18N2O3S/c17-13(2-1-11-3-5-15-6-4-11)16-7-8-20-10-12(16)9-14(18)19/h3-6,12H,1-2,7-10H2,(H,18,19). The van der Waals surface area contributed by atoms with Gasteiger partial charge in [-0.2, -0.15) is 11.8 Å². The third-order valence-corrected chi connectivity index (χ3v) is 4.43. The second kappa shape index (κ2) is 7.28. The number of carboxylic acids is 1. The molecule has 0 aromatic carbocycles. The van der Waals surface area contributed by atoms with E-state index in [1.807, 2.05) is 12.1 Å². The van der Waals surface area contributed by atoms with Crippen molar-refractivity contribution in [2.24, 2.45) is 0 Å². The summed E-state index contributed by atoms with van der Waals surface area (Å²) >= 11 is 1.72. The van der Waals surface area contributed by atoms with Gasteiger partial charge in [-0.3, -0.25) is 14.6 Å². The van der Waals surface area contributed by atoms with E-state index in [2.05, 4.69) is 4.98 Å². The third kappa shape index (κ3) is 4.23. The number of amides is 1. The summed E-state index contributed by atoms with van der Waals surface area (Å²) in [5.41, 5.74) is 1.08. The lowest BCUT2D eigenvalue weighted by atomic mass is 10.1. The molecule has 1 aromatic heterocycles. The number of pyridine rings is 1. The van der Waals surface area contributed by atoms with Gasteiger partial charge in [0, 0.05) is 36.9 Å². The van der Waals surface area contributed by atoms with E-state index < -0.39 is 5.97 Å². The maximum atomic E-state index is 12.3. The molecule has 1 aliphatic rings. The summed E-state index contributed by atoms with van der Waals surface area (Å²) in [6, 6.07) is 3.62. The van der Waals surface area contributed by atoms with Crippen molar-refractivity contribution >= 4 is 23.6 Å². The molecular weight excluding hydrogens is 276 g/mol. The van der Waals surface area contributed by atoms with Crippen LogP contribution in [-0.4, -0.2) is 51.0 Å². The Morgan fingerprint density at radius 3 is 2.85 bits per heavy atom. The predicted octanol–water partition coefficient (Wildman–Crippen LogP) is 1.43. The highest BCUT2D eigenvalue weighted by atomic mass is 32.2. The van der Waals surface area contributed by atoms with E-state index in [9.17, 15) is 9.59 Å². The molecule has 0 bridgehead atoms. The Morgan fingerprint density at radius 1 is 1.40 bits per heavy atom. The van der Waals surface area contributed by atoms with Crippen LogP contribution < -0.4 is 0 Å². The Balaban J connectivity index is 1.90. The molecule has 108 valence electrons. The summed E-state index contributed by atoms with van der Waals surface area (Å²) < 4.78 is 0. The molecule has 2 heterocycles. The minimum Gasteiger partial charge on any atom is -0.481 e. The van der Waals surface area contributed by atoms with Crippen molar-refractivity contribution < 1.29 is 14.7 Å². The number of carbonyl (C=O) groups excluding carboxylic acids is 1. The second-order valence-electron chi connectivity index (χ2n) is 4.77. The molecule has 0 radical (unpaired) electrons. The smallest absolute Gasteiger partial charge is 0.305 e. The van der Waals surface area contributed by atoms with Crippen molar-refractivity contribution in [1.29, 1.82) is 0 Å². The van der Waals surface area contributed by atoms with Gasteiger partial charge in [0.15, 0.2) is 0 Å². The van der Waals surface area contributed by atoms with Gasteiger partial charge in [-0.25, -0.2) is 0 Å². The largest absolute Gasteiger partial charge is 0.481 e. The molecule has 6 heteroatoms. The quantitative estimate of drug-likeness (QED) is 0.889. The van der Waals surface area contributed by atoms with Gasteiger partial charge in [0.1, 0.15) is 0 Å². The molecule has 1 N–H and O–H groups in total. The van der Waals surface area contributed by atoms with Crippen LogP contribution in [0.2, 0.25) is 0 Å². The summed E-state index contributed by atoms with van der Waals surface area (Å²) in [5.74, 6) is 0.808. The number of aliphatic carboxylic acids is 1. The van der Waals surface area contributed by atoms with Crippen LogP contribution in [0.25, 0.3) is 0 Å². The van der Waals surface area contributed by atoms with Crippen LogP contribution in [-0.2, 0) is 16.0 Å². The predicted molar refractivity (Wildman–Crippen MR) is 77.6 cm³/mol. The van der Waals surface area contributed by atoms with Gasteiger partial charge in [0.05, 0.1) is 12.5 Å². The van der Waals surface area contributed by atoms with Crippen molar-refractivity contribution in [3.63, 3.8) is 0 Å². The number of aryl methyl sites for hydroxylation is 1. The van der Waals surface area contributed by atoms with E-state index in [1.165, 1.54) is 0 Å². The lowest BCUT2D eigenvalue weighted by Crippen LogP contribution is -2.47. The number of hydrogen-bond acceptors (Lipinski definition) is 4. The Hall–Kier alpha value is -1.56. The number of rotatable bonds is 5. The van der Waals surface area contributed by atoms with Gasteiger partial charge < -0.3 is 10.0 Å². The van der Waals surface area contributed by atoms with E-state index in [0.29, 0.717) is 25.1 Å². The lowest BCUT2D eigenvalue weighted by molar-refractivity contribution is -0.140. The summed E-state index contributed by atoms with van der Waals surface area (Å²) in [5, 5.41) is 8.92. The van der Waals surface area contributed by atoms with Crippen LogP contribution in [0.1, 0.15) is 18.4 Å². The molecule has 5 nitrogen and oxygen atoms in total. The summed E-state index contributed by atoms with van der Waals surface area (Å²) in [7, 11) is 0. The molecule has 20 heavy (non-hydrogen) atoms. The molecule has 2 rings (SSSR count). The lowest BCUT2D eigenvalue weighted by Gasteiger charge is -2.34. The number of thioether (sulfide) groups is 1. The van der Waals surface area contributed by atoms with Crippen LogP contribution in [0.4, 0.5) is 0 Å². The van der Waals surface area contributed by atoms with Crippen molar-refractivity contribution in [3.8, 4) is 0 Å². The Labute approximate surface area is 122 Å². The van der Waals surface area contributed by atoms with Gasteiger partial charge in [0.25, 0.3) is 0 Å². The highest BCUT2D eigenvalue weighted by Crippen LogP contribution is 2.20. The van der Waals surface area contributed by atoms with Crippen molar-refractivity contribution in [1.82, 2.24) is 9.88 Å². The molecule has 1 atom stereocenters. The maximum Gasteiger partial charge on any atom is 0.305 e. The van der Waals surface area contributed by atoms with Crippen LogP contribution in [0.15, 0.2) is 24.5 Å². The molecule has 1 aromatic rings. The van der Waals surface area contributed by atoms with E-state index in [4.69, 9.17) is 5.11 Å². The maximum absolute atomic E-state index is 12.3. The molecule has 1 saturated heterocycles. The molecule has 0 spiro atoms. The average Bonchev–Trinajstić information content (AvgIpc) is 2.46. The SMILES string of the molecule is O=C(O)CC1CSCCN1C(=O)CCc1ccncc1. The van der Waals surface area contributed by atoms with Crippen molar-refractivity contribution in [2.45, 2.75) is 25.3 Å². The highest BCUT2D eigenvalue weighted by molar-refractivity contribution is 7.99. The molecule has 0 aliphatic carbocycles. The zero-order chi connectivity index (χ0) is 14.4. The van der Waals surface area contributed by atoms with Gasteiger partial charge in [-0.05, 0) is 24.1 Å². The fraction of sp³-hybridized carbons (Fsp3) is 0.500. The number of carbonyl (C=O) groups is 2. The summed E-state index contributed by atoms with van der Waals surface area (Å²) in [6.07, 6.45) is 4.55. The minimum absolute atomic E-state index is 0.0357. The van der Waals surface area contributed by atoms with Gasteiger partial charge in [-0.1, -0.05) is 0 Å². The van der Waals surface area contributed by atoms with Crippen LogP contribution in [0, 0.1) is 0 Å². The fourth-order valence-electron chi connectivity index (χ4n) is 2.30. The van der Waals surface area contributed by atoms with E-state index >= 15 is 0 Å². The van der Waals surface area contributed by atoms with E-state index in [1.54, 1.807) is 29.1 Å². The molecular formula is C14H18N2O3S. The monoisotopic (exact) mass is 294 g/mol. The van der Waals surface area contributed by atoms with Crippen LogP contribution >= 0.6 is 11.8 Å². The molecule has 1 amide bonds. The summed E-state index contributed by atoms with van der Waals surface area (Å²) in [4.78, 5) is 28.8. The normalized spacial score (nSPS) is 18.8. The Morgan fingerprint density at radius 2 is 2.15 bits per heavy atom. The van der Waals surface area contributed by atoms with E-state index in [0.717, 1.165) is 11.3 Å². The zero-order valence-corrected chi connectivity index (χ0v) is 12.0. The molecule has 1 unspecified atom stereocenters. The van der Waals surface area contributed by atoms with Gasteiger partial charge >= 0.3 is 5.97 Å². The first-order valence-corrected chi connectivity index (χ1v) is 7.80. The third-order valence-electron chi connectivity index (χ3n) is 3.34. The highest BCUT2D eigenvalue weighted by Gasteiger charge is 2.28. The van der Waals surface area contributed by atoms with Crippen molar-refractivity contribution in [3.05, 3.63) is 30.1 Å². The molecule has 1 fully saturated rings. The van der Waals surface area contributed by atoms with Gasteiger partial charge in [0.2, 0.25) is 5.91 Å². The summed E-state index contributed by atoms with van der Waals surface area (Å²) in [6.45, 7) is 0.651. The Bertz CT molecular complexity index is 467. The van der Waals surface area contributed by atoms with Gasteiger partial charge in [-0.15, -0.1) is 0 Å². The minimum atomic E-state index is -0.843. The topological polar surface area (TPSA) is 70.5 Å². The number of aromatic nitrogens is 1. The number of nitrogens with zero attached hydrogens (tertiary/aromatic N) is 2. The first-order chi connectivity index (χ1) is 9.66. The Kier molecular flexibility index (Phi) is 5.40. The molecule has 1 aliphatic heterocycles. The molecule has 0 saturated carbocycles.